The van der Waals surface area contributed by atoms with Crippen LogP contribution in [0.1, 0.15) is 42.9 Å². The quantitative estimate of drug-likeness (QED) is 0.360. The largest absolute Gasteiger partial charge is 0.355 e. The molecule has 0 bridgehead atoms. The Bertz CT molecular complexity index is 1250. The zero-order valence-electron chi connectivity index (χ0n) is 22.3. The average Bonchev–Trinajstić information content (AvgIpc) is 3.48. The number of nitrogens with one attached hydrogen (secondary N) is 1. The highest BCUT2D eigenvalue weighted by Crippen LogP contribution is 2.28. The first-order chi connectivity index (χ1) is 18.3. The Kier molecular flexibility index (Phi) is 8.93. The number of rotatable bonds is 12. The minimum absolute atomic E-state index is 0.0265. The van der Waals surface area contributed by atoms with Crippen molar-refractivity contribution in [3.8, 4) is 0 Å². The number of fused-ring (bicyclic) bond motifs is 2. The molecule has 38 heavy (non-hydrogen) atoms. The number of aromatic nitrogens is 2. The molecule has 1 aliphatic rings. The van der Waals surface area contributed by atoms with Crippen molar-refractivity contribution in [3.63, 3.8) is 0 Å². The molecule has 0 saturated carbocycles. The number of nitrogens with zero attached hydrogens (tertiary/aromatic N) is 5. The molecule has 0 fully saturated rings. The molecule has 0 radical (unpaired) electrons. The summed E-state index contributed by atoms with van der Waals surface area (Å²) in [5.41, 5.74) is 4.38. The first-order valence-electron chi connectivity index (χ1n) is 13.1. The van der Waals surface area contributed by atoms with Crippen LogP contribution in [0.3, 0.4) is 0 Å². The zero-order valence-corrected chi connectivity index (χ0v) is 22.3. The van der Waals surface area contributed by atoms with E-state index in [1.54, 1.807) is 29.2 Å². The number of carbonyl (C=O) groups is 2. The second-order valence-corrected chi connectivity index (χ2v) is 9.84. The molecule has 0 atom stereocenters. The van der Waals surface area contributed by atoms with Crippen LogP contribution in [-0.2, 0) is 29.2 Å². The first-order valence-corrected chi connectivity index (χ1v) is 13.1. The fraction of sp³-hybridized carbons (Fsp3) is 0.464. The Labute approximate surface area is 222 Å². The predicted octanol–water partition coefficient (Wildman–Crippen LogP) is 4.11. The molecule has 4 rings (SSSR count). The van der Waals surface area contributed by atoms with Crippen LogP contribution in [0, 0.1) is 6.92 Å². The zero-order chi connectivity index (χ0) is 27.2. The Balaban J connectivity index is 1.56. The summed E-state index contributed by atoms with van der Waals surface area (Å²) in [5.74, 6) is -0.358. The molecule has 10 heteroatoms. The van der Waals surface area contributed by atoms with Crippen LogP contribution >= 0.6 is 0 Å². The minimum Gasteiger partial charge on any atom is -0.355 e. The molecular formula is C28H36F2N6O2. The third kappa shape index (κ3) is 6.48. The molecule has 0 aliphatic carbocycles. The van der Waals surface area contributed by atoms with Crippen LogP contribution in [0.2, 0.25) is 0 Å². The summed E-state index contributed by atoms with van der Waals surface area (Å²) in [6.45, 7) is 5.23. The second-order valence-electron chi connectivity index (χ2n) is 9.84. The van der Waals surface area contributed by atoms with Gasteiger partial charge in [-0.05, 0) is 42.2 Å². The smallest absolute Gasteiger partial charge is 0.257 e. The number of aryl methyl sites for hydroxylation is 1. The summed E-state index contributed by atoms with van der Waals surface area (Å²) >= 11 is 0. The lowest BCUT2D eigenvalue weighted by Crippen LogP contribution is -2.48. The summed E-state index contributed by atoms with van der Waals surface area (Å²) in [7, 11) is 1.74. The molecule has 2 aromatic carbocycles. The number of alkyl halides is 2. The van der Waals surface area contributed by atoms with E-state index >= 15 is 0 Å². The lowest BCUT2D eigenvalue weighted by Gasteiger charge is -2.32. The maximum atomic E-state index is 13.5. The van der Waals surface area contributed by atoms with Gasteiger partial charge in [0.05, 0.1) is 24.8 Å². The van der Waals surface area contributed by atoms with E-state index in [2.05, 4.69) is 29.5 Å². The standard InChI is InChI=1S/C28H36F2N6O2/c1-4-5-8-11-31-27(37)18-34(19-28(38)33(3)35-15-21-9-6-7-10-22(21)16-35)24-13-25-23(12-20(24)2)14-32-36(25)17-26(29)30/h6-7,9-10,12-14,26H,4-5,8,11,15-19H2,1-3H3,(H,31,37). The van der Waals surface area contributed by atoms with Gasteiger partial charge in [-0.2, -0.15) is 5.10 Å². The fourth-order valence-corrected chi connectivity index (χ4v) is 4.85. The normalized spacial score (nSPS) is 13.2. The topological polar surface area (TPSA) is 73.7 Å². The summed E-state index contributed by atoms with van der Waals surface area (Å²) in [4.78, 5) is 28.1. The molecule has 0 saturated heterocycles. The number of hydrogen-bond acceptors (Lipinski definition) is 5. The molecule has 1 aromatic heterocycles. The number of unbranched alkanes of at least 4 members (excludes halogenated alkanes) is 2. The van der Waals surface area contributed by atoms with Gasteiger partial charge >= 0.3 is 0 Å². The number of carbonyl (C=O) groups excluding carboxylic acids is 2. The van der Waals surface area contributed by atoms with Crippen LogP contribution < -0.4 is 10.2 Å². The monoisotopic (exact) mass is 526 g/mol. The predicted molar refractivity (Wildman–Crippen MR) is 144 cm³/mol. The Hall–Kier alpha value is -3.53. The van der Waals surface area contributed by atoms with Crippen molar-refractivity contribution in [2.75, 3.05) is 31.6 Å². The number of benzene rings is 2. The van der Waals surface area contributed by atoms with Gasteiger partial charge in [0.25, 0.3) is 12.3 Å². The SMILES string of the molecule is CCCCCNC(=O)CN(CC(=O)N(C)N1Cc2ccccc2C1)c1cc2c(cnn2CC(F)F)cc1C. The van der Waals surface area contributed by atoms with Gasteiger partial charge in [-0.15, -0.1) is 0 Å². The lowest BCUT2D eigenvalue weighted by atomic mass is 10.1. The van der Waals surface area contributed by atoms with Crippen LogP contribution in [0.25, 0.3) is 10.9 Å². The molecule has 1 N–H and O–H groups in total. The van der Waals surface area contributed by atoms with Crippen LogP contribution in [0.15, 0.2) is 42.6 Å². The number of halogens is 2. The van der Waals surface area contributed by atoms with E-state index in [0.29, 0.717) is 30.8 Å². The van der Waals surface area contributed by atoms with Gasteiger partial charge in [0.15, 0.2) is 0 Å². The van der Waals surface area contributed by atoms with Crippen molar-refractivity contribution < 1.29 is 18.4 Å². The van der Waals surface area contributed by atoms with E-state index in [-0.39, 0.29) is 24.9 Å². The van der Waals surface area contributed by atoms with Gasteiger partial charge in [0, 0.05) is 37.8 Å². The molecule has 0 unspecified atom stereocenters. The van der Waals surface area contributed by atoms with Gasteiger partial charge in [0.2, 0.25) is 5.91 Å². The van der Waals surface area contributed by atoms with E-state index < -0.39 is 13.0 Å². The number of likely N-dealkylation sites (N-methyl/N-ethyl adjacent to an activating group) is 1. The van der Waals surface area contributed by atoms with E-state index in [1.807, 2.05) is 30.1 Å². The van der Waals surface area contributed by atoms with Gasteiger partial charge in [-0.1, -0.05) is 44.0 Å². The lowest BCUT2D eigenvalue weighted by molar-refractivity contribution is -0.145. The first kappa shape index (κ1) is 27.5. The summed E-state index contributed by atoms with van der Waals surface area (Å²) < 4.78 is 27.5. The van der Waals surface area contributed by atoms with E-state index in [9.17, 15) is 18.4 Å². The van der Waals surface area contributed by atoms with Gasteiger partial charge in [0.1, 0.15) is 6.54 Å². The van der Waals surface area contributed by atoms with Crippen molar-refractivity contribution in [1.29, 1.82) is 0 Å². The van der Waals surface area contributed by atoms with Crippen molar-refractivity contribution in [1.82, 2.24) is 25.1 Å². The van der Waals surface area contributed by atoms with Gasteiger partial charge in [-0.3, -0.25) is 19.3 Å². The molecule has 2 amide bonds. The molecule has 2 heterocycles. The minimum atomic E-state index is -2.55. The number of hydrazine groups is 1. The fourth-order valence-electron chi connectivity index (χ4n) is 4.85. The van der Waals surface area contributed by atoms with E-state index in [4.69, 9.17) is 0 Å². The summed E-state index contributed by atoms with van der Waals surface area (Å²) in [6.07, 6.45) is 1.97. The summed E-state index contributed by atoms with van der Waals surface area (Å²) in [6, 6.07) is 11.7. The average molecular weight is 527 g/mol. The van der Waals surface area contributed by atoms with Crippen molar-refractivity contribution >= 4 is 28.4 Å². The number of hydrogen-bond donors (Lipinski definition) is 1. The maximum absolute atomic E-state index is 13.5. The molecule has 1 aliphatic heterocycles. The number of amides is 2. The highest BCUT2D eigenvalue weighted by atomic mass is 19.3. The van der Waals surface area contributed by atoms with Crippen molar-refractivity contribution in [2.45, 2.75) is 59.2 Å². The van der Waals surface area contributed by atoms with Gasteiger partial charge < -0.3 is 10.2 Å². The van der Waals surface area contributed by atoms with Gasteiger partial charge in [-0.25, -0.2) is 13.8 Å². The molecule has 3 aromatic rings. The van der Waals surface area contributed by atoms with Crippen LogP contribution in [0.5, 0.6) is 0 Å². The Morgan fingerprint density at radius 1 is 1.11 bits per heavy atom. The van der Waals surface area contributed by atoms with Crippen LogP contribution in [-0.4, -0.2) is 64.7 Å². The Morgan fingerprint density at radius 2 is 1.82 bits per heavy atom. The van der Waals surface area contributed by atoms with Crippen molar-refractivity contribution in [2.24, 2.45) is 0 Å². The highest BCUT2D eigenvalue weighted by molar-refractivity contribution is 5.90. The van der Waals surface area contributed by atoms with E-state index in [1.165, 1.54) is 15.8 Å². The molecule has 8 nitrogen and oxygen atoms in total. The third-order valence-corrected chi connectivity index (χ3v) is 6.98. The Morgan fingerprint density at radius 3 is 2.47 bits per heavy atom. The molecular weight excluding hydrogens is 490 g/mol. The van der Waals surface area contributed by atoms with E-state index in [0.717, 1.165) is 30.2 Å². The number of anilines is 1. The summed E-state index contributed by atoms with van der Waals surface area (Å²) in [5, 5.41) is 11.4. The maximum Gasteiger partial charge on any atom is 0.257 e. The highest BCUT2D eigenvalue weighted by Gasteiger charge is 2.27. The van der Waals surface area contributed by atoms with Crippen LogP contribution in [0.4, 0.5) is 14.5 Å². The molecule has 0 spiro atoms. The second kappa shape index (κ2) is 12.3. The third-order valence-electron chi connectivity index (χ3n) is 6.98. The van der Waals surface area contributed by atoms with Crippen molar-refractivity contribution in [3.05, 3.63) is 59.3 Å². The molecule has 204 valence electrons.